The molecule has 7 heteroatoms. The zero-order valence-electron chi connectivity index (χ0n) is 17.6. The van der Waals surface area contributed by atoms with Gasteiger partial charge in [-0.1, -0.05) is 18.1 Å². The Bertz CT molecular complexity index is 1350. The average molecular weight is 424 g/mol. The number of ether oxygens (including phenoxy) is 1. The summed E-state index contributed by atoms with van der Waals surface area (Å²) in [6, 6.07) is 16.1. The number of aromatic nitrogens is 3. The first-order valence-corrected chi connectivity index (χ1v) is 9.87. The molecule has 4 rings (SSSR count). The summed E-state index contributed by atoms with van der Waals surface area (Å²) in [7, 11) is 1.57. The fourth-order valence-electron chi connectivity index (χ4n) is 3.48. The van der Waals surface area contributed by atoms with E-state index in [-0.39, 0.29) is 18.2 Å². The molecule has 0 aliphatic carbocycles. The number of rotatable bonds is 6. The largest absolute Gasteiger partial charge is 0.497 e. The van der Waals surface area contributed by atoms with Gasteiger partial charge in [0.05, 0.1) is 31.1 Å². The summed E-state index contributed by atoms with van der Waals surface area (Å²) in [5, 5.41) is 4.42. The van der Waals surface area contributed by atoms with Gasteiger partial charge in [0.1, 0.15) is 5.75 Å². The van der Waals surface area contributed by atoms with Crippen molar-refractivity contribution in [3.63, 3.8) is 0 Å². The highest BCUT2D eigenvalue weighted by Crippen LogP contribution is 2.26. The predicted octanol–water partition coefficient (Wildman–Crippen LogP) is 3.62. The van der Waals surface area contributed by atoms with Gasteiger partial charge in [-0.15, -0.1) is 6.42 Å². The van der Waals surface area contributed by atoms with Crippen LogP contribution in [0.1, 0.15) is 22.8 Å². The number of ketones is 1. The molecule has 7 nitrogen and oxygen atoms in total. The van der Waals surface area contributed by atoms with Crippen LogP contribution in [-0.2, 0) is 4.79 Å². The summed E-state index contributed by atoms with van der Waals surface area (Å²) in [6.07, 6.45) is 8.57. The first-order chi connectivity index (χ1) is 15.5. The monoisotopic (exact) mass is 424 g/mol. The number of methoxy groups -OCH3 is 1. The fraction of sp³-hybridized carbons (Fsp3) is 0.120. The number of hydrogen-bond acceptors (Lipinski definition) is 5. The zero-order valence-corrected chi connectivity index (χ0v) is 17.6. The van der Waals surface area contributed by atoms with E-state index in [1.807, 2.05) is 24.3 Å². The van der Waals surface area contributed by atoms with Crippen LogP contribution in [0.3, 0.4) is 0 Å². The molecule has 1 amide bonds. The molecule has 0 aliphatic heterocycles. The molecule has 4 aromatic rings. The summed E-state index contributed by atoms with van der Waals surface area (Å²) >= 11 is 0. The number of fused-ring (bicyclic) bond motifs is 1. The van der Waals surface area contributed by atoms with E-state index in [0.717, 1.165) is 11.3 Å². The maximum Gasteiger partial charge on any atom is 0.224 e. The summed E-state index contributed by atoms with van der Waals surface area (Å²) in [5.41, 5.74) is 3.58. The third-order valence-electron chi connectivity index (χ3n) is 5.08. The number of benzene rings is 2. The van der Waals surface area contributed by atoms with Gasteiger partial charge in [-0.3, -0.25) is 9.59 Å². The Morgan fingerprint density at radius 2 is 1.94 bits per heavy atom. The lowest BCUT2D eigenvalue weighted by Gasteiger charge is -2.19. The second-order valence-electron chi connectivity index (χ2n) is 7.04. The number of terminal acetylenes is 1. The summed E-state index contributed by atoms with van der Waals surface area (Å²) < 4.78 is 6.78. The van der Waals surface area contributed by atoms with E-state index in [2.05, 4.69) is 16.0 Å². The standard InChI is InChI=1S/C25H20N4O3/c1-4-14-28(17(2)30)20-7-5-6-19(15-20)23-12-13-26-25-22(16-27-29(23)25)24(31)18-8-10-21(32-3)11-9-18/h1,5-13,15-16H,14H2,2-3H3. The fourth-order valence-corrected chi connectivity index (χ4v) is 3.48. The molecular weight excluding hydrogens is 404 g/mol. The van der Waals surface area contributed by atoms with Crippen LogP contribution in [0.5, 0.6) is 5.75 Å². The average Bonchev–Trinajstić information content (AvgIpc) is 3.26. The second-order valence-corrected chi connectivity index (χ2v) is 7.04. The van der Waals surface area contributed by atoms with E-state index in [4.69, 9.17) is 11.2 Å². The van der Waals surface area contributed by atoms with E-state index in [0.29, 0.717) is 28.2 Å². The minimum absolute atomic E-state index is 0.147. The first-order valence-electron chi connectivity index (χ1n) is 9.87. The van der Waals surface area contributed by atoms with Crippen molar-refractivity contribution < 1.29 is 14.3 Å². The zero-order chi connectivity index (χ0) is 22.7. The van der Waals surface area contributed by atoms with Crippen LogP contribution in [0, 0.1) is 12.3 Å². The third-order valence-corrected chi connectivity index (χ3v) is 5.08. The van der Waals surface area contributed by atoms with Crippen molar-refractivity contribution in [2.24, 2.45) is 0 Å². The van der Waals surface area contributed by atoms with Crippen LogP contribution in [0.25, 0.3) is 16.9 Å². The van der Waals surface area contributed by atoms with Crippen molar-refractivity contribution >= 4 is 23.0 Å². The van der Waals surface area contributed by atoms with Crippen molar-refractivity contribution in [3.05, 3.63) is 78.1 Å². The normalized spacial score (nSPS) is 10.5. The van der Waals surface area contributed by atoms with Gasteiger partial charge in [-0.25, -0.2) is 9.50 Å². The molecule has 158 valence electrons. The summed E-state index contributed by atoms with van der Waals surface area (Å²) in [6.45, 7) is 1.64. The van der Waals surface area contributed by atoms with Gasteiger partial charge in [0, 0.05) is 29.9 Å². The van der Waals surface area contributed by atoms with Crippen LogP contribution >= 0.6 is 0 Å². The van der Waals surface area contributed by atoms with Crippen molar-refractivity contribution in [2.45, 2.75) is 6.92 Å². The Balaban J connectivity index is 1.76. The van der Waals surface area contributed by atoms with E-state index in [1.165, 1.54) is 18.0 Å². The van der Waals surface area contributed by atoms with Crippen molar-refractivity contribution in [3.8, 4) is 29.4 Å². The molecule has 0 saturated carbocycles. The molecule has 0 aliphatic rings. The molecule has 0 bridgehead atoms. The van der Waals surface area contributed by atoms with Gasteiger partial charge in [-0.2, -0.15) is 5.10 Å². The Morgan fingerprint density at radius 1 is 1.16 bits per heavy atom. The van der Waals surface area contributed by atoms with Gasteiger partial charge < -0.3 is 9.64 Å². The lowest BCUT2D eigenvalue weighted by atomic mass is 10.1. The SMILES string of the molecule is C#CCN(C(C)=O)c1cccc(-c2ccnc3c(C(=O)c4ccc(OC)cc4)cnn23)c1. The van der Waals surface area contributed by atoms with E-state index in [9.17, 15) is 9.59 Å². The maximum absolute atomic E-state index is 13.1. The summed E-state index contributed by atoms with van der Waals surface area (Å²) in [5.74, 6) is 2.85. The van der Waals surface area contributed by atoms with Crippen molar-refractivity contribution in [2.75, 3.05) is 18.6 Å². The first kappa shape index (κ1) is 20.8. The molecule has 32 heavy (non-hydrogen) atoms. The molecule has 0 fully saturated rings. The van der Waals surface area contributed by atoms with Gasteiger partial charge in [0.2, 0.25) is 5.91 Å². The minimum atomic E-state index is -0.183. The van der Waals surface area contributed by atoms with Crippen LogP contribution in [0.2, 0.25) is 0 Å². The van der Waals surface area contributed by atoms with E-state index < -0.39 is 0 Å². The van der Waals surface area contributed by atoms with Gasteiger partial charge in [0.15, 0.2) is 11.4 Å². The highest BCUT2D eigenvalue weighted by atomic mass is 16.5. The van der Waals surface area contributed by atoms with E-state index in [1.54, 1.807) is 48.2 Å². The molecule has 2 heterocycles. The van der Waals surface area contributed by atoms with Gasteiger partial charge >= 0.3 is 0 Å². The second kappa shape index (κ2) is 8.74. The third kappa shape index (κ3) is 3.82. The van der Waals surface area contributed by atoms with Crippen LogP contribution in [0.4, 0.5) is 5.69 Å². The van der Waals surface area contributed by atoms with Crippen LogP contribution < -0.4 is 9.64 Å². The van der Waals surface area contributed by atoms with Crippen LogP contribution in [-0.4, -0.2) is 39.9 Å². The number of carbonyl (C=O) groups excluding carboxylic acids is 2. The molecule has 0 unspecified atom stereocenters. The molecule has 2 aromatic heterocycles. The molecular formula is C25H20N4O3. The molecule has 0 atom stereocenters. The molecule has 0 N–H and O–H groups in total. The highest BCUT2D eigenvalue weighted by molar-refractivity contribution is 6.12. The molecule has 0 spiro atoms. The lowest BCUT2D eigenvalue weighted by Crippen LogP contribution is -2.28. The summed E-state index contributed by atoms with van der Waals surface area (Å²) in [4.78, 5) is 31.0. The minimum Gasteiger partial charge on any atom is -0.497 e. The Hall–Kier alpha value is -4.44. The van der Waals surface area contributed by atoms with Crippen LogP contribution in [0.15, 0.2) is 67.0 Å². The smallest absolute Gasteiger partial charge is 0.224 e. The Morgan fingerprint density at radius 3 is 2.62 bits per heavy atom. The van der Waals surface area contributed by atoms with Crippen molar-refractivity contribution in [1.29, 1.82) is 0 Å². The van der Waals surface area contributed by atoms with Gasteiger partial charge in [-0.05, 0) is 42.5 Å². The predicted molar refractivity (Wildman–Crippen MR) is 122 cm³/mol. The number of hydrogen-bond donors (Lipinski definition) is 0. The van der Waals surface area contributed by atoms with Gasteiger partial charge in [0.25, 0.3) is 0 Å². The highest BCUT2D eigenvalue weighted by Gasteiger charge is 2.18. The molecule has 0 radical (unpaired) electrons. The lowest BCUT2D eigenvalue weighted by molar-refractivity contribution is -0.116. The molecule has 0 saturated heterocycles. The number of carbonyl (C=O) groups is 2. The maximum atomic E-state index is 13.1. The number of amides is 1. The Labute approximate surface area is 185 Å². The molecule has 2 aromatic carbocycles. The number of anilines is 1. The number of nitrogens with zero attached hydrogens (tertiary/aromatic N) is 4. The quantitative estimate of drug-likeness (QED) is 0.349. The van der Waals surface area contributed by atoms with Crippen molar-refractivity contribution in [1.82, 2.24) is 14.6 Å². The van der Waals surface area contributed by atoms with E-state index >= 15 is 0 Å². The Kier molecular flexibility index (Phi) is 5.69. The topological polar surface area (TPSA) is 76.8 Å².